The van der Waals surface area contributed by atoms with Gasteiger partial charge in [-0.1, -0.05) is 72.8 Å². The molecule has 2 fully saturated rings. The van der Waals surface area contributed by atoms with Crippen LogP contribution in [0, 0.1) is 0 Å². The number of hydrogen-bond donors (Lipinski definition) is 2. The Kier molecular flexibility index (Phi) is 6.75. The number of aliphatic hydroxyl groups excluding tert-OH is 1. The largest absolute Gasteiger partial charge is 0.506 e. The van der Waals surface area contributed by atoms with Crippen molar-refractivity contribution in [2.45, 2.75) is 17.9 Å². The Bertz CT molecular complexity index is 1090. The van der Waals surface area contributed by atoms with E-state index in [4.69, 9.17) is 0 Å². The number of rotatable bonds is 7. The van der Waals surface area contributed by atoms with Gasteiger partial charge in [0, 0.05) is 45.8 Å². The predicted molar refractivity (Wildman–Crippen MR) is 138 cm³/mol. The number of carbonyl (C=O) groups is 1. The smallest absolute Gasteiger partial charge is 0.237 e. The monoisotopic (exact) mass is 471 g/mol. The third-order valence-corrected chi connectivity index (χ3v) is 7.44. The van der Waals surface area contributed by atoms with Crippen molar-refractivity contribution >= 4 is 11.6 Å². The first-order valence-electron chi connectivity index (χ1n) is 12.4. The molecule has 35 heavy (non-hydrogen) atoms. The Morgan fingerprint density at radius 3 is 1.91 bits per heavy atom. The molecular weight excluding hydrogens is 438 g/mol. The van der Waals surface area contributed by atoms with E-state index in [9.17, 15) is 15.0 Å². The van der Waals surface area contributed by atoms with Crippen molar-refractivity contribution < 1.29 is 15.0 Å². The summed E-state index contributed by atoms with van der Waals surface area (Å²) in [7, 11) is 0. The number of aliphatic hydroxyl groups is 1. The summed E-state index contributed by atoms with van der Waals surface area (Å²) in [5.74, 6) is 0.368. The maximum absolute atomic E-state index is 13.9. The SMILES string of the molecule is O=C1N(CC(O)CN2CCN(c3ccccc3O)CC2)CCC1(c1ccccc1)c1ccccc1. The number of hydrogen-bond acceptors (Lipinski definition) is 5. The summed E-state index contributed by atoms with van der Waals surface area (Å²) in [5.41, 5.74) is 2.17. The first kappa shape index (κ1) is 23.4. The Morgan fingerprint density at radius 1 is 0.743 bits per heavy atom. The predicted octanol–water partition coefficient (Wildman–Crippen LogP) is 3.09. The van der Waals surface area contributed by atoms with Gasteiger partial charge in [0.05, 0.1) is 11.8 Å². The van der Waals surface area contributed by atoms with Crippen LogP contribution in [-0.2, 0) is 10.2 Å². The van der Waals surface area contributed by atoms with Crippen molar-refractivity contribution in [3.05, 3.63) is 96.1 Å². The summed E-state index contributed by atoms with van der Waals surface area (Å²) in [4.78, 5) is 20.1. The maximum atomic E-state index is 13.9. The highest BCUT2D eigenvalue weighted by Crippen LogP contribution is 2.42. The molecule has 2 N–H and O–H groups in total. The van der Waals surface area contributed by atoms with Crippen LogP contribution in [-0.4, -0.2) is 77.8 Å². The van der Waals surface area contributed by atoms with Gasteiger partial charge in [0.15, 0.2) is 0 Å². The molecule has 182 valence electrons. The molecule has 3 aromatic rings. The molecule has 3 aromatic carbocycles. The van der Waals surface area contributed by atoms with Crippen LogP contribution >= 0.6 is 0 Å². The number of anilines is 1. The number of benzene rings is 3. The van der Waals surface area contributed by atoms with Gasteiger partial charge in [-0.15, -0.1) is 0 Å². The molecule has 0 aromatic heterocycles. The zero-order valence-electron chi connectivity index (χ0n) is 20.0. The summed E-state index contributed by atoms with van der Waals surface area (Å²) in [5, 5.41) is 21.1. The Morgan fingerprint density at radius 2 is 1.31 bits per heavy atom. The van der Waals surface area contributed by atoms with Gasteiger partial charge >= 0.3 is 0 Å². The fourth-order valence-electron chi connectivity index (χ4n) is 5.62. The number of piperazine rings is 1. The highest BCUT2D eigenvalue weighted by Gasteiger charge is 2.49. The van der Waals surface area contributed by atoms with Gasteiger partial charge in [0.2, 0.25) is 5.91 Å². The number of β-amino-alcohol motifs (C(OH)–C–C–N with tert-alkyl or cyclic N) is 1. The van der Waals surface area contributed by atoms with E-state index < -0.39 is 11.5 Å². The molecule has 0 saturated carbocycles. The van der Waals surface area contributed by atoms with Crippen molar-refractivity contribution in [2.24, 2.45) is 0 Å². The molecule has 2 aliphatic heterocycles. The number of para-hydroxylation sites is 2. The lowest BCUT2D eigenvalue weighted by Crippen LogP contribution is -2.50. The highest BCUT2D eigenvalue weighted by atomic mass is 16.3. The minimum absolute atomic E-state index is 0.0679. The minimum atomic E-state index is -0.703. The molecule has 0 spiro atoms. The molecule has 2 saturated heterocycles. The highest BCUT2D eigenvalue weighted by molar-refractivity contribution is 5.94. The van der Waals surface area contributed by atoms with Crippen LogP contribution in [0.2, 0.25) is 0 Å². The van der Waals surface area contributed by atoms with E-state index in [1.807, 2.05) is 83.8 Å². The first-order chi connectivity index (χ1) is 17.1. The molecular formula is C29H33N3O3. The average Bonchev–Trinajstić information content (AvgIpc) is 3.22. The van der Waals surface area contributed by atoms with Crippen molar-refractivity contribution in [1.29, 1.82) is 0 Å². The second kappa shape index (κ2) is 10.1. The molecule has 2 aliphatic rings. The molecule has 1 unspecified atom stereocenters. The van der Waals surface area contributed by atoms with Crippen molar-refractivity contribution in [3.8, 4) is 5.75 Å². The topological polar surface area (TPSA) is 67.3 Å². The minimum Gasteiger partial charge on any atom is -0.506 e. The van der Waals surface area contributed by atoms with Crippen LogP contribution in [0.3, 0.4) is 0 Å². The molecule has 0 bridgehead atoms. The lowest BCUT2D eigenvalue weighted by atomic mass is 9.73. The van der Waals surface area contributed by atoms with Gasteiger partial charge in [0.1, 0.15) is 11.2 Å². The fourth-order valence-corrected chi connectivity index (χ4v) is 5.62. The number of phenols is 1. The second-order valence-corrected chi connectivity index (χ2v) is 9.57. The van der Waals surface area contributed by atoms with Crippen molar-refractivity contribution in [2.75, 3.05) is 50.7 Å². The average molecular weight is 472 g/mol. The van der Waals surface area contributed by atoms with Gasteiger partial charge in [-0.25, -0.2) is 0 Å². The van der Waals surface area contributed by atoms with E-state index in [2.05, 4.69) is 9.80 Å². The second-order valence-electron chi connectivity index (χ2n) is 9.57. The molecule has 0 aliphatic carbocycles. The third kappa shape index (κ3) is 4.64. The Hall–Kier alpha value is -3.35. The van der Waals surface area contributed by atoms with Gasteiger partial charge in [-0.2, -0.15) is 0 Å². The normalized spacial score (nSPS) is 19.2. The summed E-state index contributed by atoms with van der Waals surface area (Å²) in [6.45, 7) is 4.67. The van der Waals surface area contributed by atoms with Crippen LogP contribution in [0.5, 0.6) is 5.75 Å². The quantitative estimate of drug-likeness (QED) is 0.554. The standard InChI is InChI=1S/C29H33N3O3/c33-25(21-30-17-19-31(20-18-30)26-13-7-8-14-27(26)34)22-32-16-15-29(28(32)35,23-9-3-1-4-10-23)24-11-5-2-6-12-24/h1-14,25,33-34H,15-22H2. The van der Waals surface area contributed by atoms with Gasteiger partial charge in [-0.3, -0.25) is 9.69 Å². The number of phenolic OH excluding ortho intramolecular Hbond substituents is 1. The van der Waals surface area contributed by atoms with E-state index in [-0.39, 0.29) is 5.91 Å². The lowest BCUT2D eigenvalue weighted by Gasteiger charge is -2.37. The van der Waals surface area contributed by atoms with Crippen LogP contribution < -0.4 is 4.90 Å². The van der Waals surface area contributed by atoms with Crippen LogP contribution in [0.15, 0.2) is 84.9 Å². The van der Waals surface area contributed by atoms with Crippen LogP contribution in [0.4, 0.5) is 5.69 Å². The van der Waals surface area contributed by atoms with E-state index in [0.717, 1.165) is 43.0 Å². The molecule has 5 rings (SSSR count). The van der Waals surface area contributed by atoms with E-state index in [1.54, 1.807) is 6.07 Å². The zero-order chi connectivity index (χ0) is 24.3. The van der Waals surface area contributed by atoms with Gasteiger partial charge in [0.25, 0.3) is 0 Å². The lowest BCUT2D eigenvalue weighted by molar-refractivity contribution is -0.132. The number of nitrogens with zero attached hydrogens (tertiary/aromatic N) is 3. The zero-order valence-corrected chi connectivity index (χ0v) is 20.0. The fraction of sp³-hybridized carbons (Fsp3) is 0.345. The summed E-state index contributed by atoms with van der Waals surface area (Å²) < 4.78 is 0. The number of amides is 1. The number of carbonyl (C=O) groups excluding carboxylic acids is 1. The van der Waals surface area contributed by atoms with E-state index >= 15 is 0 Å². The van der Waals surface area contributed by atoms with Crippen LogP contribution in [0.1, 0.15) is 17.5 Å². The molecule has 2 heterocycles. The van der Waals surface area contributed by atoms with Gasteiger partial charge in [-0.05, 0) is 29.7 Å². The molecule has 6 heteroatoms. The number of aromatic hydroxyl groups is 1. The summed E-state index contributed by atoms with van der Waals surface area (Å²) in [6.07, 6.45) is 0.0872. The Balaban J connectivity index is 1.23. The van der Waals surface area contributed by atoms with Crippen molar-refractivity contribution in [1.82, 2.24) is 9.80 Å². The molecule has 0 radical (unpaired) electrons. The third-order valence-electron chi connectivity index (χ3n) is 7.44. The van der Waals surface area contributed by atoms with E-state index in [0.29, 0.717) is 31.8 Å². The maximum Gasteiger partial charge on any atom is 0.237 e. The first-order valence-corrected chi connectivity index (χ1v) is 12.4. The van der Waals surface area contributed by atoms with Crippen molar-refractivity contribution in [3.63, 3.8) is 0 Å². The van der Waals surface area contributed by atoms with E-state index in [1.165, 1.54) is 0 Å². The van der Waals surface area contributed by atoms with Gasteiger partial charge < -0.3 is 20.0 Å². The molecule has 1 atom stereocenters. The number of likely N-dealkylation sites (tertiary alicyclic amines) is 1. The summed E-state index contributed by atoms with van der Waals surface area (Å²) >= 11 is 0. The van der Waals surface area contributed by atoms with Crippen LogP contribution in [0.25, 0.3) is 0 Å². The summed E-state index contributed by atoms with van der Waals surface area (Å²) in [6, 6.07) is 27.4. The Labute approximate surface area is 207 Å². The molecule has 6 nitrogen and oxygen atoms in total. The molecule has 1 amide bonds.